The van der Waals surface area contributed by atoms with Crippen molar-refractivity contribution in [2.24, 2.45) is 0 Å². The van der Waals surface area contributed by atoms with Crippen LogP contribution in [0.1, 0.15) is 43.0 Å². The molecule has 0 aromatic heterocycles. The molecular weight excluding hydrogens is 398 g/mol. The van der Waals surface area contributed by atoms with Crippen LogP contribution in [-0.4, -0.2) is 26.6 Å². The van der Waals surface area contributed by atoms with Gasteiger partial charge in [0.25, 0.3) is 0 Å². The fourth-order valence-corrected chi connectivity index (χ4v) is 4.51. The summed E-state index contributed by atoms with van der Waals surface area (Å²) in [5, 5.41) is 2.88. The fraction of sp³-hybridized carbons (Fsp3) is 0.381. The molecule has 1 amide bonds. The second kappa shape index (κ2) is 8.90. The Bertz CT molecular complexity index is 1010. The highest BCUT2D eigenvalue weighted by atomic mass is 32.2. The number of carbonyl (C=O) groups excluding carboxylic acids is 1. The van der Waals surface area contributed by atoms with Crippen LogP contribution in [0.4, 0.5) is 14.5 Å². The van der Waals surface area contributed by atoms with Crippen LogP contribution in [0.5, 0.6) is 0 Å². The number of amides is 1. The molecule has 0 saturated carbocycles. The highest BCUT2D eigenvalue weighted by Crippen LogP contribution is 2.25. The van der Waals surface area contributed by atoms with E-state index in [0.29, 0.717) is 6.42 Å². The molecule has 2 aromatic rings. The van der Waals surface area contributed by atoms with Crippen LogP contribution in [0.3, 0.4) is 0 Å². The lowest BCUT2D eigenvalue weighted by molar-refractivity contribution is -0.122. The summed E-state index contributed by atoms with van der Waals surface area (Å²) in [6.45, 7) is 7.25. The van der Waals surface area contributed by atoms with Gasteiger partial charge in [-0.15, -0.1) is 0 Å². The molecule has 2 rings (SSSR count). The van der Waals surface area contributed by atoms with Gasteiger partial charge in [-0.3, -0.25) is 9.10 Å². The maximum absolute atomic E-state index is 13.7. The molecule has 5 nitrogen and oxygen atoms in total. The zero-order chi connectivity index (χ0) is 21.9. The fourth-order valence-electron chi connectivity index (χ4n) is 3.34. The van der Waals surface area contributed by atoms with Gasteiger partial charge in [-0.1, -0.05) is 30.7 Å². The minimum atomic E-state index is -3.93. The standard InChI is InChI=1S/C21H26F2N2O3S/c1-6-20(17-9-7-13(2)11-14(17)3)24-21(26)15(4)25(29(5,27)28)16-8-10-18(22)19(23)12-16/h7-12,15,20H,6H2,1-5H3,(H,24,26)/t15-,20-/m1/s1. The summed E-state index contributed by atoms with van der Waals surface area (Å²) in [6, 6.07) is 7.16. The van der Waals surface area contributed by atoms with Crippen molar-refractivity contribution in [2.45, 2.75) is 46.2 Å². The molecule has 0 heterocycles. The Morgan fingerprint density at radius 3 is 2.28 bits per heavy atom. The first-order valence-electron chi connectivity index (χ1n) is 9.27. The van der Waals surface area contributed by atoms with E-state index >= 15 is 0 Å². The van der Waals surface area contributed by atoms with Gasteiger partial charge in [-0.05, 0) is 50.5 Å². The van der Waals surface area contributed by atoms with E-state index in [0.717, 1.165) is 45.5 Å². The summed E-state index contributed by atoms with van der Waals surface area (Å²) < 4.78 is 52.4. The number of hydrogen-bond acceptors (Lipinski definition) is 3. The van der Waals surface area contributed by atoms with Crippen molar-refractivity contribution in [3.8, 4) is 0 Å². The van der Waals surface area contributed by atoms with Crippen molar-refractivity contribution in [1.29, 1.82) is 0 Å². The first-order chi connectivity index (χ1) is 13.5. The molecular formula is C21H26F2N2O3S. The lowest BCUT2D eigenvalue weighted by Gasteiger charge is -2.30. The Morgan fingerprint density at radius 1 is 1.10 bits per heavy atom. The monoisotopic (exact) mass is 424 g/mol. The van der Waals surface area contributed by atoms with Crippen LogP contribution < -0.4 is 9.62 Å². The maximum Gasteiger partial charge on any atom is 0.244 e. The van der Waals surface area contributed by atoms with Gasteiger partial charge < -0.3 is 5.32 Å². The van der Waals surface area contributed by atoms with Crippen LogP contribution in [0.15, 0.2) is 36.4 Å². The van der Waals surface area contributed by atoms with E-state index in [1.54, 1.807) is 0 Å². The SMILES string of the molecule is CC[C@@H](NC(=O)[C@@H](C)N(c1ccc(F)c(F)c1)S(C)(=O)=O)c1ccc(C)cc1C. The van der Waals surface area contributed by atoms with E-state index in [2.05, 4.69) is 5.32 Å². The topological polar surface area (TPSA) is 66.5 Å². The van der Waals surface area contributed by atoms with Crippen molar-refractivity contribution in [3.63, 3.8) is 0 Å². The third kappa shape index (κ3) is 5.32. The van der Waals surface area contributed by atoms with E-state index < -0.39 is 33.6 Å². The third-order valence-electron chi connectivity index (χ3n) is 4.77. The minimum absolute atomic E-state index is 0.117. The molecule has 2 aromatic carbocycles. The predicted molar refractivity (Wildman–Crippen MR) is 110 cm³/mol. The van der Waals surface area contributed by atoms with Gasteiger partial charge in [-0.2, -0.15) is 0 Å². The zero-order valence-electron chi connectivity index (χ0n) is 17.2. The van der Waals surface area contributed by atoms with Crippen molar-refractivity contribution in [3.05, 3.63) is 64.7 Å². The summed E-state index contributed by atoms with van der Waals surface area (Å²) in [4.78, 5) is 12.9. The van der Waals surface area contributed by atoms with E-state index in [1.807, 2.05) is 39.0 Å². The molecule has 0 saturated heterocycles. The summed E-state index contributed by atoms with van der Waals surface area (Å²) in [5.41, 5.74) is 2.94. The number of anilines is 1. The number of hydrogen-bond donors (Lipinski definition) is 1. The number of aryl methyl sites for hydroxylation is 2. The molecule has 0 unspecified atom stereocenters. The predicted octanol–water partition coefficient (Wildman–Crippen LogP) is 4.00. The molecule has 0 fully saturated rings. The number of carbonyl (C=O) groups is 1. The Morgan fingerprint density at radius 2 is 1.76 bits per heavy atom. The second-order valence-electron chi connectivity index (χ2n) is 7.16. The lowest BCUT2D eigenvalue weighted by Crippen LogP contribution is -2.48. The van der Waals surface area contributed by atoms with Gasteiger partial charge in [-0.25, -0.2) is 17.2 Å². The number of nitrogens with zero attached hydrogens (tertiary/aromatic N) is 1. The van der Waals surface area contributed by atoms with Crippen molar-refractivity contribution in [2.75, 3.05) is 10.6 Å². The van der Waals surface area contributed by atoms with Crippen molar-refractivity contribution in [1.82, 2.24) is 5.32 Å². The minimum Gasteiger partial charge on any atom is -0.347 e. The van der Waals surface area contributed by atoms with Crippen LogP contribution in [0, 0.1) is 25.5 Å². The van der Waals surface area contributed by atoms with Gasteiger partial charge in [0, 0.05) is 6.07 Å². The summed E-state index contributed by atoms with van der Waals surface area (Å²) >= 11 is 0. The van der Waals surface area contributed by atoms with Crippen molar-refractivity contribution < 1.29 is 22.0 Å². The number of rotatable bonds is 7. The molecule has 29 heavy (non-hydrogen) atoms. The Hall–Kier alpha value is -2.48. The maximum atomic E-state index is 13.7. The van der Waals surface area contributed by atoms with Gasteiger partial charge in [0.15, 0.2) is 11.6 Å². The van der Waals surface area contributed by atoms with E-state index in [4.69, 9.17) is 0 Å². The molecule has 1 N–H and O–H groups in total. The molecule has 0 spiro atoms. The number of halogens is 2. The third-order valence-corrected chi connectivity index (χ3v) is 6.01. The molecule has 8 heteroatoms. The van der Waals surface area contributed by atoms with Gasteiger partial charge in [0.1, 0.15) is 6.04 Å². The average molecular weight is 425 g/mol. The highest BCUT2D eigenvalue weighted by Gasteiger charge is 2.31. The molecule has 0 radical (unpaired) electrons. The van der Waals surface area contributed by atoms with Gasteiger partial charge in [0.05, 0.1) is 18.0 Å². The van der Waals surface area contributed by atoms with Gasteiger partial charge >= 0.3 is 0 Å². The zero-order valence-corrected chi connectivity index (χ0v) is 18.0. The van der Waals surface area contributed by atoms with Crippen molar-refractivity contribution >= 4 is 21.6 Å². The van der Waals surface area contributed by atoms with E-state index in [1.165, 1.54) is 6.92 Å². The summed E-state index contributed by atoms with van der Waals surface area (Å²) in [5.74, 6) is -2.82. The van der Waals surface area contributed by atoms with E-state index in [-0.39, 0.29) is 11.7 Å². The van der Waals surface area contributed by atoms with Gasteiger partial charge in [0.2, 0.25) is 15.9 Å². The average Bonchev–Trinajstić information content (AvgIpc) is 2.62. The second-order valence-corrected chi connectivity index (χ2v) is 9.02. The number of benzene rings is 2. The number of sulfonamides is 1. The molecule has 0 aliphatic rings. The van der Waals surface area contributed by atoms with Crippen LogP contribution in [-0.2, 0) is 14.8 Å². The van der Waals surface area contributed by atoms with E-state index in [9.17, 15) is 22.0 Å². The quantitative estimate of drug-likeness (QED) is 0.731. The Labute approximate surface area is 170 Å². The highest BCUT2D eigenvalue weighted by molar-refractivity contribution is 7.92. The largest absolute Gasteiger partial charge is 0.347 e. The molecule has 2 atom stereocenters. The lowest BCUT2D eigenvalue weighted by atomic mass is 9.97. The smallest absolute Gasteiger partial charge is 0.244 e. The normalized spacial score (nSPS) is 13.6. The Kier molecular flexibility index (Phi) is 7.00. The first kappa shape index (κ1) is 22.8. The first-order valence-corrected chi connectivity index (χ1v) is 11.1. The number of nitrogens with one attached hydrogen (secondary N) is 1. The van der Waals surface area contributed by atoms with Crippen LogP contribution in [0.25, 0.3) is 0 Å². The summed E-state index contributed by atoms with van der Waals surface area (Å²) in [6.07, 6.45) is 1.52. The molecule has 0 aliphatic carbocycles. The molecule has 0 bridgehead atoms. The van der Waals surface area contributed by atoms with Crippen LogP contribution >= 0.6 is 0 Å². The molecule has 0 aliphatic heterocycles. The van der Waals surface area contributed by atoms with Crippen LogP contribution in [0.2, 0.25) is 0 Å². The molecule has 158 valence electrons. The summed E-state index contributed by atoms with van der Waals surface area (Å²) in [7, 11) is -3.93. The Balaban J connectivity index is 2.34.